The van der Waals surface area contributed by atoms with Crippen LogP contribution >= 0.6 is 0 Å². The highest BCUT2D eigenvalue weighted by Crippen LogP contribution is 2.15. The molecular weight excluding hydrogens is 204 g/mol. The van der Waals surface area contributed by atoms with Crippen molar-refractivity contribution in [2.24, 2.45) is 13.0 Å². The van der Waals surface area contributed by atoms with Crippen LogP contribution in [0.1, 0.15) is 19.3 Å². The van der Waals surface area contributed by atoms with E-state index >= 15 is 0 Å². The molecule has 1 atom stereocenters. The summed E-state index contributed by atoms with van der Waals surface area (Å²) in [4.78, 5) is 11.8. The Bertz CT molecular complexity index is 355. The van der Waals surface area contributed by atoms with E-state index in [9.17, 15) is 4.79 Å². The van der Waals surface area contributed by atoms with E-state index in [2.05, 4.69) is 15.7 Å². The lowest BCUT2D eigenvalue weighted by molar-refractivity contribution is -0.117. The van der Waals surface area contributed by atoms with Gasteiger partial charge in [0.2, 0.25) is 5.91 Å². The summed E-state index contributed by atoms with van der Waals surface area (Å²) in [7, 11) is 1.82. The number of hydrogen-bond donors (Lipinski definition) is 2. The number of nitrogens with one attached hydrogen (secondary N) is 2. The number of aromatic nitrogens is 2. The lowest BCUT2D eigenvalue weighted by Gasteiger charge is -2.21. The molecule has 1 amide bonds. The summed E-state index contributed by atoms with van der Waals surface area (Å²) in [6.07, 6.45) is 4.59. The zero-order chi connectivity index (χ0) is 11.4. The van der Waals surface area contributed by atoms with Crippen molar-refractivity contribution >= 4 is 11.7 Å². The summed E-state index contributed by atoms with van der Waals surface area (Å²) in [5.41, 5.74) is 0. The third kappa shape index (κ3) is 2.82. The number of anilines is 1. The second-order valence-corrected chi connectivity index (χ2v) is 4.30. The van der Waals surface area contributed by atoms with Crippen LogP contribution < -0.4 is 10.6 Å². The number of carbonyl (C=O) groups excluding carboxylic acids is 1. The van der Waals surface area contributed by atoms with E-state index in [-0.39, 0.29) is 5.91 Å². The van der Waals surface area contributed by atoms with Gasteiger partial charge in [-0.2, -0.15) is 5.10 Å². The van der Waals surface area contributed by atoms with Gasteiger partial charge in [0.25, 0.3) is 0 Å². The molecule has 1 unspecified atom stereocenters. The highest BCUT2D eigenvalue weighted by Gasteiger charge is 2.17. The lowest BCUT2D eigenvalue weighted by Crippen LogP contribution is -2.32. The molecule has 0 saturated carbocycles. The largest absolute Gasteiger partial charge is 0.316 e. The molecule has 0 radical (unpaired) electrons. The third-order valence-electron chi connectivity index (χ3n) is 2.96. The molecule has 88 valence electrons. The van der Waals surface area contributed by atoms with Crippen molar-refractivity contribution in [3.63, 3.8) is 0 Å². The monoisotopic (exact) mass is 222 g/mol. The molecule has 1 aromatic rings. The van der Waals surface area contributed by atoms with E-state index in [1.165, 1.54) is 6.42 Å². The molecule has 0 bridgehead atoms. The lowest BCUT2D eigenvalue weighted by atomic mass is 9.96. The zero-order valence-corrected chi connectivity index (χ0v) is 9.57. The maximum atomic E-state index is 11.8. The molecule has 16 heavy (non-hydrogen) atoms. The van der Waals surface area contributed by atoms with Crippen LogP contribution in [-0.2, 0) is 11.8 Å². The highest BCUT2D eigenvalue weighted by molar-refractivity contribution is 5.89. The maximum Gasteiger partial charge on any atom is 0.225 e. The van der Waals surface area contributed by atoms with Gasteiger partial charge >= 0.3 is 0 Å². The Morgan fingerprint density at radius 2 is 2.62 bits per heavy atom. The van der Waals surface area contributed by atoms with Crippen LogP contribution in [0.3, 0.4) is 0 Å². The standard InChI is InChI=1S/C11H18N4O/c1-15-10(4-6-13-15)14-11(16)7-9-3-2-5-12-8-9/h4,6,9,12H,2-3,5,7-8H2,1H3,(H,14,16). The summed E-state index contributed by atoms with van der Waals surface area (Å²) in [6.45, 7) is 2.04. The number of aryl methyl sites for hydroxylation is 1. The normalized spacial score (nSPS) is 20.7. The van der Waals surface area contributed by atoms with Crippen LogP contribution in [0, 0.1) is 5.92 Å². The van der Waals surface area contributed by atoms with E-state index in [0.717, 1.165) is 25.3 Å². The molecule has 0 spiro atoms. The molecule has 1 fully saturated rings. The topological polar surface area (TPSA) is 59.0 Å². The second-order valence-electron chi connectivity index (χ2n) is 4.30. The van der Waals surface area contributed by atoms with E-state index in [1.54, 1.807) is 16.9 Å². The van der Waals surface area contributed by atoms with E-state index < -0.39 is 0 Å². The van der Waals surface area contributed by atoms with Gasteiger partial charge in [0.1, 0.15) is 5.82 Å². The van der Waals surface area contributed by atoms with Crippen LogP contribution in [-0.4, -0.2) is 28.8 Å². The number of carbonyl (C=O) groups is 1. The number of piperidine rings is 1. The Balaban J connectivity index is 1.82. The average molecular weight is 222 g/mol. The van der Waals surface area contributed by atoms with Crippen molar-refractivity contribution in [1.29, 1.82) is 0 Å². The third-order valence-corrected chi connectivity index (χ3v) is 2.96. The Morgan fingerprint density at radius 1 is 1.75 bits per heavy atom. The first kappa shape index (κ1) is 11.1. The van der Waals surface area contributed by atoms with Crippen molar-refractivity contribution in [2.45, 2.75) is 19.3 Å². The van der Waals surface area contributed by atoms with E-state index in [4.69, 9.17) is 0 Å². The fourth-order valence-electron chi connectivity index (χ4n) is 2.05. The van der Waals surface area contributed by atoms with Gasteiger partial charge in [0.15, 0.2) is 0 Å². The first-order valence-electron chi connectivity index (χ1n) is 5.74. The molecule has 1 saturated heterocycles. The van der Waals surface area contributed by atoms with Gasteiger partial charge in [-0.25, -0.2) is 0 Å². The Morgan fingerprint density at radius 3 is 3.25 bits per heavy atom. The van der Waals surface area contributed by atoms with Crippen LogP contribution in [0.5, 0.6) is 0 Å². The van der Waals surface area contributed by atoms with Crippen molar-refractivity contribution < 1.29 is 4.79 Å². The smallest absolute Gasteiger partial charge is 0.225 e. The number of nitrogens with zero attached hydrogens (tertiary/aromatic N) is 2. The van der Waals surface area contributed by atoms with E-state index in [0.29, 0.717) is 12.3 Å². The predicted molar refractivity (Wildman–Crippen MR) is 62.0 cm³/mol. The van der Waals surface area contributed by atoms with E-state index in [1.807, 2.05) is 7.05 Å². The van der Waals surface area contributed by atoms with Gasteiger partial charge in [-0.15, -0.1) is 0 Å². The van der Waals surface area contributed by atoms with Crippen LogP contribution in [0.25, 0.3) is 0 Å². The Kier molecular flexibility index (Phi) is 3.56. The quantitative estimate of drug-likeness (QED) is 0.793. The minimum Gasteiger partial charge on any atom is -0.316 e. The van der Waals surface area contributed by atoms with Gasteiger partial charge in [-0.05, 0) is 31.8 Å². The van der Waals surface area contributed by atoms with Crippen LogP contribution in [0.4, 0.5) is 5.82 Å². The summed E-state index contributed by atoms with van der Waals surface area (Å²) >= 11 is 0. The molecule has 0 aromatic carbocycles. The van der Waals surface area contributed by atoms with Crippen LogP contribution in [0.2, 0.25) is 0 Å². The van der Waals surface area contributed by atoms with Gasteiger partial charge in [-0.1, -0.05) is 0 Å². The Labute approximate surface area is 95.2 Å². The van der Waals surface area contributed by atoms with Crippen molar-refractivity contribution in [3.8, 4) is 0 Å². The Hall–Kier alpha value is -1.36. The number of rotatable bonds is 3. The summed E-state index contributed by atoms with van der Waals surface area (Å²) < 4.78 is 1.66. The molecule has 2 rings (SSSR count). The van der Waals surface area contributed by atoms with Crippen molar-refractivity contribution in [2.75, 3.05) is 18.4 Å². The highest BCUT2D eigenvalue weighted by atomic mass is 16.1. The summed E-state index contributed by atoms with van der Waals surface area (Å²) in [5.74, 6) is 1.31. The minimum atomic E-state index is 0.0808. The number of hydrogen-bond acceptors (Lipinski definition) is 3. The maximum absolute atomic E-state index is 11.8. The number of amides is 1. The molecular formula is C11H18N4O. The molecule has 2 N–H and O–H groups in total. The molecule has 2 heterocycles. The zero-order valence-electron chi connectivity index (χ0n) is 9.57. The molecule has 1 aromatic heterocycles. The predicted octanol–water partition coefficient (Wildman–Crippen LogP) is 0.748. The molecule has 5 heteroatoms. The summed E-state index contributed by atoms with van der Waals surface area (Å²) in [6, 6.07) is 1.80. The van der Waals surface area contributed by atoms with Gasteiger partial charge in [0, 0.05) is 19.5 Å². The molecule has 1 aliphatic heterocycles. The summed E-state index contributed by atoms with van der Waals surface area (Å²) in [5, 5.41) is 10.2. The molecule has 1 aliphatic rings. The van der Waals surface area contributed by atoms with Gasteiger partial charge < -0.3 is 10.6 Å². The first-order chi connectivity index (χ1) is 7.75. The van der Waals surface area contributed by atoms with Gasteiger partial charge in [0.05, 0.1) is 6.20 Å². The van der Waals surface area contributed by atoms with Crippen molar-refractivity contribution in [1.82, 2.24) is 15.1 Å². The van der Waals surface area contributed by atoms with Crippen molar-refractivity contribution in [3.05, 3.63) is 12.3 Å². The fraction of sp³-hybridized carbons (Fsp3) is 0.636. The fourth-order valence-corrected chi connectivity index (χ4v) is 2.05. The second kappa shape index (κ2) is 5.12. The first-order valence-corrected chi connectivity index (χ1v) is 5.74. The van der Waals surface area contributed by atoms with Crippen LogP contribution in [0.15, 0.2) is 12.3 Å². The minimum absolute atomic E-state index is 0.0808. The SMILES string of the molecule is Cn1nccc1NC(=O)CC1CCCNC1. The molecule has 0 aliphatic carbocycles. The van der Waals surface area contributed by atoms with Gasteiger partial charge in [-0.3, -0.25) is 9.48 Å². The average Bonchev–Trinajstić information content (AvgIpc) is 2.66. The molecule has 5 nitrogen and oxygen atoms in total.